The van der Waals surface area contributed by atoms with Gasteiger partial charge in [-0.2, -0.15) is 0 Å². The molecular weight excluding hydrogens is 232 g/mol. The molecule has 0 aliphatic heterocycles. The second kappa shape index (κ2) is 6.74. The fourth-order valence-electron chi connectivity index (χ4n) is 1.48. The van der Waals surface area contributed by atoms with Crippen LogP contribution in [0.3, 0.4) is 0 Å². The molecule has 0 N–H and O–H groups in total. The molecule has 1 amide bonds. The molecule has 0 aliphatic carbocycles. The molecule has 0 spiro atoms. The lowest BCUT2D eigenvalue weighted by Gasteiger charge is -2.16. The first kappa shape index (κ1) is 14.2. The third-order valence-electron chi connectivity index (χ3n) is 2.52. The first-order valence-electron chi connectivity index (χ1n) is 5.89. The summed E-state index contributed by atoms with van der Waals surface area (Å²) >= 11 is 0. The monoisotopic (exact) mass is 250 g/mol. The van der Waals surface area contributed by atoms with Gasteiger partial charge in [-0.3, -0.25) is 14.6 Å². The van der Waals surface area contributed by atoms with Crippen LogP contribution in [0, 0.1) is 6.92 Å². The van der Waals surface area contributed by atoms with Gasteiger partial charge in [0.25, 0.3) is 5.91 Å². The number of nitrogens with zero attached hydrogens (tertiary/aromatic N) is 2. The highest BCUT2D eigenvalue weighted by Crippen LogP contribution is 2.06. The van der Waals surface area contributed by atoms with E-state index in [2.05, 4.69) is 4.98 Å². The van der Waals surface area contributed by atoms with Crippen LogP contribution in [-0.4, -0.2) is 42.0 Å². The van der Waals surface area contributed by atoms with Gasteiger partial charge in [0.15, 0.2) is 0 Å². The van der Waals surface area contributed by atoms with E-state index in [4.69, 9.17) is 4.74 Å². The number of amides is 1. The molecule has 1 heterocycles. The van der Waals surface area contributed by atoms with Crippen LogP contribution in [-0.2, 0) is 9.53 Å². The van der Waals surface area contributed by atoms with E-state index < -0.39 is 0 Å². The summed E-state index contributed by atoms with van der Waals surface area (Å²) in [5, 5.41) is 0. The molecule has 0 aromatic carbocycles. The minimum Gasteiger partial charge on any atom is -0.466 e. The summed E-state index contributed by atoms with van der Waals surface area (Å²) in [6.07, 6.45) is 1.78. The van der Waals surface area contributed by atoms with Crippen LogP contribution < -0.4 is 0 Å². The van der Waals surface area contributed by atoms with E-state index in [1.54, 1.807) is 26.2 Å². The normalized spacial score (nSPS) is 9.94. The summed E-state index contributed by atoms with van der Waals surface area (Å²) in [5.74, 6) is -0.479. The SMILES string of the molecule is CCOC(=O)CCN(C)C(=O)c1ncccc1C. The van der Waals surface area contributed by atoms with Crippen molar-refractivity contribution in [3.05, 3.63) is 29.6 Å². The van der Waals surface area contributed by atoms with E-state index in [-0.39, 0.29) is 18.3 Å². The zero-order valence-electron chi connectivity index (χ0n) is 11.0. The van der Waals surface area contributed by atoms with Crippen LogP contribution in [0.5, 0.6) is 0 Å². The maximum atomic E-state index is 12.0. The second-order valence-corrected chi connectivity index (χ2v) is 3.95. The number of pyridine rings is 1. The van der Waals surface area contributed by atoms with Gasteiger partial charge in [0.2, 0.25) is 0 Å². The number of esters is 1. The van der Waals surface area contributed by atoms with Crippen molar-refractivity contribution in [2.45, 2.75) is 20.3 Å². The molecule has 1 aromatic rings. The highest BCUT2D eigenvalue weighted by molar-refractivity contribution is 5.93. The molecule has 98 valence electrons. The summed E-state index contributed by atoms with van der Waals surface area (Å²) in [6, 6.07) is 3.62. The highest BCUT2D eigenvalue weighted by atomic mass is 16.5. The van der Waals surface area contributed by atoms with Gasteiger partial charge in [-0.05, 0) is 25.5 Å². The van der Waals surface area contributed by atoms with Gasteiger partial charge < -0.3 is 9.64 Å². The van der Waals surface area contributed by atoms with E-state index in [0.717, 1.165) is 5.56 Å². The number of hydrogen-bond donors (Lipinski definition) is 0. The maximum Gasteiger partial charge on any atom is 0.307 e. The predicted octanol–water partition coefficient (Wildman–Crippen LogP) is 1.42. The van der Waals surface area contributed by atoms with Gasteiger partial charge in [0.05, 0.1) is 13.0 Å². The maximum absolute atomic E-state index is 12.0. The predicted molar refractivity (Wildman–Crippen MR) is 67.2 cm³/mol. The number of rotatable bonds is 5. The Hall–Kier alpha value is -1.91. The average Bonchev–Trinajstić information content (AvgIpc) is 2.36. The third kappa shape index (κ3) is 3.84. The fraction of sp³-hybridized carbons (Fsp3) is 0.462. The smallest absolute Gasteiger partial charge is 0.307 e. The van der Waals surface area contributed by atoms with E-state index in [1.165, 1.54) is 4.90 Å². The van der Waals surface area contributed by atoms with Crippen LogP contribution in [0.15, 0.2) is 18.3 Å². The Balaban J connectivity index is 2.57. The summed E-state index contributed by atoms with van der Waals surface area (Å²) in [7, 11) is 1.65. The number of carbonyl (C=O) groups excluding carboxylic acids is 2. The van der Waals surface area contributed by atoms with Gasteiger partial charge in [-0.15, -0.1) is 0 Å². The molecule has 1 rings (SSSR count). The first-order valence-corrected chi connectivity index (χ1v) is 5.89. The zero-order valence-corrected chi connectivity index (χ0v) is 11.0. The molecule has 0 saturated heterocycles. The Morgan fingerprint density at radius 2 is 2.17 bits per heavy atom. The minimum atomic E-state index is -0.296. The standard InChI is InChI=1S/C13H18N2O3/c1-4-18-11(16)7-9-15(3)13(17)12-10(2)6-5-8-14-12/h5-6,8H,4,7,9H2,1-3H3. The highest BCUT2D eigenvalue weighted by Gasteiger charge is 2.16. The summed E-state index contributed by atoms with van der Waals surface area (Å²) in [4.78, 5) is 28.8. The lowest BCUT2D eigenvalue weighted by molar-refractivity contribution is -0.143. The Morgan fingerprint density at radius 3 is 2.78 bits per heavy atom. The van der Waals surface area contributed by atoms with Crippen LogP contribution in [0.1, 0.15) is 29.4 Å². The van der Waals surface area contributed by atoms with Crippen molar-refractivity contribution in [1.29, 1.82) is 0 Å². The molecular formula is C13H18N2O3. The fourth-order valence-corrected chi connectivity index (χ4v) is 1.48. The third-order valence-corrected chi connectivity index (χ3v) is 2.52. The topological polar surface area (TPSA) is 59.5 Å². The molecule has 0 saturated carbocycles. The largest absolute Gasteiger partial charge is 0.466 e. The zero-order chi connectivity index (χ0) is 13.5. The molecule has 0 unspecified atom stereocenters. The van der Waals surface area contributed by atoms with Crippen molar-refractivity contribution >= 4 is 11.9 Å². The number of aromatic nitrogens is 1. The quantitative estimate of drug-likeness (QED) is 0.741. The first-order chi connectivity index (χ1) is 8.56. The molecule has 5 heteroatoms. The van der Waals surface area contributed by atoms with Crippen molar-refractivity contribution in [3.8, 4) is 0 Å². The lowest BCUT2D eigenvalue weighted by Crippen LogP contribution is -2.30. The van der Waals surface area contributed by atoms with Crippen molar-refractivity contribution in [2.75, 3.05) is 20.2 Å². The number of carbonyl (C=O) groups is 2. The molecule has 0 aliphatic rings. The molecule has 18 heavy (non-hydrogen) atoms. The Morgan fingerprint density at radius 1 is 1.44 bits per heavy atom. The van der Waals surface area contributed by atoms with Crippen molar-refractivity contribution in [1.82, 2.24) is 9.88 Å². The summed E-state index contributed by atoms with van der Waals surface area (Å²) < 4.78 is 4.81. The molecule has 1 aromatic heterocycles. The average molecular weight is 250 g/mol. The Bertz CT molecular complexity index is 432. The minimum absolute atomic E-state index is 0.183. The van der Waals surface area contributed by atoms with E-state index in [1.807, 2.05) is 13.0 Å². The number of hydrogen-bond acceptors (Lipinski definition) is 4. The van der Waals surface area contributed by atoms with E-state index >= 15 is 0 Å². The van der Waals surface area contributed by atoms with Crippen LogP contribution >= 0.6 is 0 Å². The lowest BCUT2D eigenvalue weighted by atomic mass is 10.2. The molecule has 5 nitrogen and oxygen atoms in total. The number of ether oxygens (including phenoxy) is 1. The van der Waals surface area contributed by atoms with Crippen LogP contribution in [0.2, 0.25) is 0 Å². The Labute approximate surface area is 107 Å². The van der Waals surface area contributed by atoms with Gasteiger partial charge >= 0.3 is 5.97 Å². The molecule has 0 radical (unpaired) electrons. The summed E-state index contributed by atoms with van der Waals surface area (Å²) in [5.41, 5.74) is 1.24. The van der Waals surface area contributed by atoms with Crippen molar-refractivity contribution in [3.63, 3.8) is 0 Å². The van der Waals surface area contributed by atoms with E-state index in [0.29, 0.717) is 18.8 Å². The number of aryl methyl sites for hydroxylation is 1. The van der Waals surface area contributed by atoms with Gasteiger partial charge in [0, 0.05) is 19.8 Å². The van der Waals surface area contributed by atoms with Gasteiger partial charge in [-0.25, -0.2) is 0 Å². The van der Waals surface area contributed by atoms with E-state index in [9.17, 15) is 9.59 Å². The van der Waals surface area contributed by atoms with Gasteiger partial charge in [0.1, 0.15) is 5.69 Å². The van der Waals surface area contributed by atoms with Crippen molar-refractivity contribution < 1.29 is 14.3 Å². The van der Waals surface area contributed by atoms with Gasteiger partial charge in [-0.1, -0.05) is 6.07 Å². The Kier molecular flexibility index (Phi) is 5.30. The molecule has 0 atom stereocenters. The molecule has 0 bridgehead atoms. The summed E-state index contributed by atoms with van der Waals surface area (Å²) in [6.45, 7) is 4.27. The second-order valence-electron chi connectivity index (χ2n) is 3.95. The van der Waals surface area contributed by atoms with Crippen molar-refractivity contribution in [2.24, 2.45) is 0 Å². The van der Waals surface area contributed by atoms with Crippen LogP contribution in [0.25, 0.3) is 0 Å². The molecule has 0 fully saturated rings. The van der Waals surface area contributed by atoms with Crippen LogP contribution in [0.4, 0.5) is 0 Å².